The largest absolute Gasteiger partial charge is 0.319 e. The SMILES string of the molecule is CNCCc1ccccc1C(=O)c1cccc(F)c1. The second-order valence-electron chi connectivity index (χ2n) is 4.35. The second kappa shape index (κ2) is 6.25. The average Bonchev–Trinajstić information content (AvgIpc) is 2.44. The molecule has 0 aliphatic rings. The Morgan fingerprint density at radius 1 is 1.16 bits per heavy atom. The van der Waals surface area contributed by atoms with E-state index in [4.69, 9.17) is 0 Å². The van der Waals surface area contributed by atoms with E-state index in [1.54, 1.807) is 18.2 Å². The number of halogens is 1. The molecule has 1 N–H and O–H groups in total. The summed E-state index contributed by atoms with van der Waals surface area (Å²) in [5.74, 6) is -0.523. The van der Waals surface area contributed by atoms with Gasteiger partial charge in [-0.25, -0.2) is 4.39 Å². The van der Waals surface area contributed by atoms with Crippen LogP contribution in [-0.2, 0) is 6.42 Å². The summed E-state index contributed by atoms with van der Waals surface area (Å²) in [4.78, 5) is 12.4. The smallest absolute Gasteiger partial charge is 0.193 e. The van der Waals surface area contributed by atoms with Gasteiger partial charge in [0.25, 0.3) is 0 Å². The van der Waals surface area contributed by atoms with E-state index in [0.29, 0.717) is 11.1 Å². The molecule has 2 aromatic carbocycles. The molecule has 0 aromatic heterocycles. The average molecular weight is 257 g/mol. The minimum Gasteiger partial charge on any atom is -0.319 e. The van der Waals surface area contributed by atoms with Crippen molar-refractivity contribution in [1.82, 2.24) is 5.32 Å². The highest BCUT2D eigenvalue weighted by Gasteiger charge is 2.13. The van der Waals surface area contributed by atoms with Crippen LogP contribution in [0.1, 0.15) is 21.5 Å². The molecule has 3 heteroatoms. The standard InChI is InChI=1S/C16H16FNO/c1-18-10-9-12-5-2-3-8-15(12)16(19)13-6-4-7-14(17)11-13/h2-8,11,18H,9-10H2,1H3. The van der Waals surface area contributed by atoms with E-state index in [0.717, 1.165) is 18.5 Å². The first-order valence-electron chi connectivity index (χ1n) is 6.25. The fraction of sp³-hybridized carbons (Fsp3) is 0.188. The maximum absolute atomic E-state index is 13.2. The molecule has 98 valence electrons. The summed E-state index contributed by atoms with van der Waals surface area (Å²) in [5.41, 5.74) is 2.01. The van der Waals surface area contributed by atoms with E-state index in [1.807, 2.05) is 25.2 Å². The molecule has 2 rings (SSSR count). The van der Waals surface area contributed by atoms with Crippen LogP contribution in [0.15, 0.2) is 48.5 Å². The normalized spacial score (nSPS) is 10.4. The lowest BCUT2D eigenvalue weighted by Crippen LogP contribution is -2.13. The highest BCUT2D eigenvalue weighted by atomic mass is 19.1. The van der Waals surface area contributed by atoms with Gasteiger partial charge in [0.05, 0.1) is 0 Å². The van der Waals surface area contributed by atoms with E-state index in [2.05, 4.69) is 5.32 Å². The second-order valence-corrected chi connectivity index (χ2v) is 4.35. The number of carbonyl (C=O) groups is 1. The van der Waals surface area contributed by atoms with Crippen molar-refractivity contribution >= 4 is 5.78 Å². The summed E-state index contributed by atoms with van der Waals surface area (Å²) >= 11 is 0. The number of benzene rings is 2. The predicted molar refractivity (Wildman–Crippen MR) is 73.9 cm³/mol. The van der Waals surface area contributed by atoms with E-state index in [-0.39, 0.29) is 5.78 Å². The Balaban J connectivity index is 2.33. The van der Waals surface area contributed by atoms with Gasteiger partial charge in [-0.05, 0) is 37.7 Å². The summed E-state index contributed by atoms with van der Waals surface area (Å²) in [6.45, 7) is 0.799. The van der Waals surface area contributed by atoms with Crippen LogP contribution in [0, 0.1) is 5.82 Å². The lowest BCUT2D eigenvalue weighted by molar-refractivity contribution is 0.103. The predicted octanol–water partition coefficient (Wildman–Crippen LogP) is 2.82. The molecular formula is C16H16FNO. The van der Waals surface area contributed by atoms with Crippen molar-refractivity contribution in [2.75, 3.05) is 13.6 Å². The van der Waals surface area contributed by atoms with Crippen LogP contribution in [0.4, 0.5) is 4.39 Å². The van der Waals surface area contributed by atoms with Crippen molar-refractivity contribution in [2.45, 2.75) is 6.42 Å². The highest BCUT2D eigenvalue weighted by molar-refractivity contribution is 6.09. The minimum atomic E-state index is -0.390. The van der Waals surface area contributed by atoms with Crippen LogP contribution in [-0.4, -0.2) is 19.4 Å². The monoisotopic (exact) mass is 257 g/mol. The van der Waals surface area contributed by atoms with Crippen LogP contribution >= 0.6 is 0 Å². The maximum Gasteiger partial charge on any atom is 0.193 e. The van der Waals surface area contributed by atoms with Crippen molar-refractivity contribution in [3.63, 3.8) is 0 Å². The van der Waals surface area contributed by atoms with Gasteiger partial charge >= 0.3 is 0 Å². The van der Waals surface area contributed by atoms with Crippen molar-refractivity contribution in [1.29, 1.82) is 0 Å². The zero-order chi connectivity index (χ0) is 13.7. The Morgan fingerprint density at radius 3 is 2.68 bits per heavy atom. The molecule has 19 heavy (non-hydrogen) atoms. The Hall–Kier alpha value is -2.00. The zero-order valence-corrected chi connectivity index (χ0v) is 10.8. The highest BCUT2D eigenvalue weighted by Crippen LogP contribution is 2.16. The molecule has 0 heterocycles. The molecule has 0 unspecified atom stereocenters. The van der Waals surface area contributed by atoms with Gasteiger partial charge in [0.1, 0.15) is 5.82 Å². The molecule has 0 spiro atoms. The fourth-order valence-corrected chi connectivity index (χ4v) is 2.00. The van der Waals surface area contributed by atoms with E-state index in [9.17, 15) is 9.18 Å². The van der Waals surface area contributed by atoms with Crippen LogP contribution in [0.2, 0.25) is 0 Å². The van der Waals surface area contributed by atoms with Crippen LogP contribution in [0.25, 0.3) is 0 Å². The first-order valence-corrected chi connectivity index (χ1v) is 6.25. The molecule has 0 atom stereocenters. The number of nitrogens with one attached hydrogen (secondary N) is 1. The van der Waals surface area contributed by atoms with Crippen LogP contribution in [0.3, 0.4) is 0 Å². The number of hydrogen-bond donors (Lipinski definition) is 1. The number of likely N-dealkylation sites (N-methyl/N-ethyl adjacent to an activating group) is 1. The molecular weight excluding hydrogens is 241 g/mol. The molecule has 0 bridgehead atoms. The minimum absolute atomic E-state index is 0.133. The molecule has 2 aromatic rings. The van der Waals surface area contributed by atoms with Crippen LogP contribution < -0.4 is 5.32 Å². The van der Waals surface area contributed by atoms with Gasteiger partial charge in [0.15, 0.2) is 5.78 Å². The van der Waals surface area contributed by atoms with Gasteiger partial charge < -0.3 is 5.32 Å². The Morgan fingerprint density at radius 2 is 1.95 bits per heavy atom. The lowest BCUT2D eigenvalue weighted by Gasteiger charge is -2.08. The number of ketones is 1. The van der Waals surface area contributed by atoms with Gasteiger partial charge in [-0.3, -0.25) is 4.79 Å². The first kappa shape index (κ1) is 13.4. The van der Waals surface area contributed by atoms with Crippen molar-refractivity contribution in [3.8, 4) is 0 Å². The summed E-state index contributed by atoms with van der Waals surface area (Å²) in [7, 11) is 1.87. The Bertz CT molecular complexity index is 580. The van der Waals surface area contributed by atoms with Crippen molar-refractivity contribution in [3.05, 3.63) is 71.0 Å². The third-order valence-corrected chi connectivity index (χ3v) is 2.99. The summed E-state index contributed by atoms with van der Waals surface area (Å²) in [5, 5.41) is 3.06. The Kier molecular flexibility index (Phi) is 4.42. The summed E-state index contributed by atoms with van der Waals surface area (Å²) in [6.07, 6.45) is 0.772. The first-order chi connectivity index (χ1) is 9.22. The van der Waals surface area contributed by atoms with Gasteiger partial charge in [-0.15, -0.1) is 0 Å². The summed E-state index contributed by atoms with van der Waals surface area (Å²) in [6, 6.07) is 13.3. The maximum atomic E-state index is 13.2. The van der Waals surface area contributed by atoms with Gasteiger partial charge in [-0.1, -0.05) is 36.4 Å². The van der Waals surface area contributed by atoms with Gasteiger partial charge in [0.2, 0.25) is 0 Å². The molecule has 2 nitrogen and oxygen atoms in total. The van der Waals surface area contributed by atoms with Crippen molar-refractivity contribution in [2.24, 2.45) is 0 Å². The fourth-order valence-electron chi connectivity index (χ4n) is 2.00. The third kappa shape index (κ3) is 3.26. The third-order valence-electron chi connectivity index (χ3n) is 2.99. The molecule has 0 amide bonds. The number of rotatable bonds is 5. The molecule has 0 saturated heterocycles. The number of hydrogen-bond acceptors (Lipinski definition) is 2. The molecule has 0 fully saturated rings. The lowest BCUT2D eigenvalue weighted by atomic mass is 9.96. The molecule has 0 aliphatic carbocycles. The number of carbonyl (C=O) groups excluding carboxylic acids is 1. The van der Waals surface area contributed by atoms with E-state index >= 15 is 0 Å². The van der Waals surface area contributed by atoms with Crippen LogP contribution in [0.5, 0.6) is 0 Å². The molecule has 0 saturated carbocycles. The zero-order valence-electron chi connectivity index (χ0n) is 10.8. The van der Waals surface area contributed by atoms with E-state index in [1.165, 1.54) is 12.1 Å². The molecule has 0 radical (unpaired) electrons. The van der Waals surface area contributed by atoms with Crippen molar-refractivity contribution < 1.29 is 9.18 Å². The molecule has 0 aliphatic heterocycles. The van der Waals surface area contributed by atoms with Gasteiger partial charge in [0, 0.05) is 11.1 Å². The quantitative estimate of drug-likeness (QED) is 0.834. The van der Waals surface area contributed by atoms with E-state index < -0.39 is 5.82 Å². The van der Waals surface area contributed by atoms with Gasteiger partial charge in [-0.2, -0.15) is 0 Å². The Labute approximate surface area is 112 Å². The summed E-state index contributed by atoms with van der Waals surface area (Å²) < 4.78 is 13.2. The topological polar surface area (TPSA) is 29.1 Å².